The second-order valence-corrected chi connectivity index (χ2v) is 9.88. The van der Waals surface area contributed by atoms with Crippen molar-refractivity contribution in [3.05, 3.63) is 83.1 Å². The number of fused-ring (bicyclic) bond motifs is 5. The molecule has 5 rings (SSSR count). The second-order valence-electron chi connectivity index (χ2n) is 9.88. The van der Waals surface area contributed by atoms with Gasteiger partial charge in [0.2, 0.25) is 0 Å². The van der Waals surface area contributed by atoms with Crippen LogP contribution in [0.4, 0.5) is 4.79 Å². The van der Waals surface area contributed by atoms with E-state index in [0.717, 1.165) is 27.7 Å². The number of esters is 1. The molecular formula is C28H28N2O5. The Morgan fingerprint density at radius 3 is 2.49 bits per heavy atom. The molecule has 7 heteroatoms. The number of aromatic nitrogens is 1. The maximum absolute atomic E-state index is 13.4. The molecule has 0 spiro atoms. The summed E-state index contributed by atoms with van der Waals surface area (Å²) < 4.78 is 12.7. The van der Waals surface area contributed by atoms with E-state index in [1.165, 1.54) is 0 Å². The second kappa shape index (κ2) is 8.73. The number of hydrogen-bond donors (Lipinski definition) is 0. The van der Waals surface area contributed by atoms with Crippen LogP contribution in [0.3, 0.4) is 0 Å². The molecule has 0 radical (unpaired) electrons. The molecule has 3 aromatic rings. The third-order valence-electron chi connectivity index (χ3n) is 6.36. The zero-order chi connectivity index (χ0) is 24.7. The Hall–Kier alpha value is -3.87. The van der Waals surface area contributed by atoms with Crippen LogP contribution in [0.25, 0.3) is 10.9 Å². The van der Waals surface area contributed by atoms with Gasteiger partial charge in [0.25, 0.3) is 5.91 Å². The topological polar surface area (TPSA) is 77.8 Å². The van der Waals surface area contributed by atoms with Crippen LogP contribution >= 0.6 is 0 Å². The molecule has 3 heterocycles. The first kappa shape index (κ1) is 22.9. The summed E-state index contributed by atoms with van der Waals surface area (Å²) in [6, 6.07) is 16.7. The lowest BCUT2D eigenvalue weighted by atomic mass is 9.91. The molecule has 0 aliphatic carbocycles. The summed E-state index contributed by atoms with van der Waals surface area (Å²) in [6.45, 7) is 6.05. The van der Waals surface area contributed by atoms with Crippen molar-refractivity contribution in [3.63, 3.8) is 0 Å². The number of hydrogen-bond acceptors (Lipinski definition) is 5. The van der Waals surface area contributed by atoms with Crippen molar-refractivity contribution in [3.8, 4) is 0 Å². The Bertz CT molecular complexity index is 1350. The molecule has 0 unspecified atom stereocenters. The zero-order valence-corrected chi connectivity index (χ0v) is 20.1. The molecule has 2 aliphatic rings. The fourth-order valence-corrected chi connectivity index (χ4v) is 4.90. The van der Waals surface area contributed by atoms with Gasteiger partial charge < -0.3 is 14.4 Å². The van der Waals surface area contributed by atoms with Gasteiger partial charge in [0.05, 0.1) is 17.3 Å². The molecule has 1 aromatic heterocycles. The van der Waals surface area contributed by atoms with Gasteiger partial charge in [-0.15, -0.1) is 0 Å². The number of amides is 1. The Kier molecular flexibility index (Phi) is 5.71. The van der Waals surface area contributed by atoms with E-state index in [-0.39, 0.29) is 24.1 Å². The number of para-hydroxylation sites is 1. The van der Waals surface area contributed by atoms with E-state index in [9.17, 15) is 14.4 Å². The van der Waals surface area contributed by atoms with Crippen LogP contribution in [0.1, 0.15) is 50.1 Å². The van der Waals surface area contributed by atoms with Gasteiger partial charge in [-0.05, 0) is 50.8 Å². The van der Waals surface area contributed by atoms with E-state index in [1.807, 2.05) is 75.4 Å². The predicted molar refractivity (Wildman–Crippen MR) is 131 cm³/mol. The van der Waals surface area contributed by atoms with Gasteiger partial charge in [0.15, 0.2) is 0 Å². The largest absolute Gasteiger partial charge is 0.457 e. The summed E-state index contributed by atoms with van der Waals surface area (Å²) in [5.41, 5.74) is 2.80. The fraction of sp³-hybridized carbons (Fsp3) is 0.321. The number of carbonyl (C=O) groups excluding carboxylic acids is 3. The summed E-state index contributed by atoms with van der Waals surface area (Å²) in [5, 5.41) is 0.984. The van der Waals surface area contributed by atoms with Gasteiger partial charge in [-0.1, -0.05) is 54.6 Å². The lowest BCUT2D eigenvalue weighted by Gasteiger charge is -2.39. The average molecular weight is 473 g/mol. The summed E-state index contributed by atoms with van der Waals surface area (Å²) in [5.74, 6) is -0.998. The maximum atomic E-state index is 13.4. The molecule has 0 N–H and O–H groups in total. The molecule has 2 aromatic carbocycles. The summed E-state index contributed by atoms with van der Waals surface area (Å²) >= 11 is 0. The van der Waals surface area contributed by atoms with Crippen molar-refractivity contribution in [2.24, 2.45) is 0 Å². The Morgan fingerprint density at radius 1 is 1.03 bits per heavy atom. The number of ether oxygens (including phenoxy) is 2. The molecule has 7 nitrogen and oxygen atoms in total. The van der Waals surface area contributed by atoms with Crippen molar-refractivity contribution in [2.45, 2.75) is 51.9 Å². The number of carbonyl (C=O) groups is 3. The number of rotatable bonds is 3. The van der Waals surface area contributed by atoms with Crippen LogP contribution in [0, 0.1) is 0 Å². The molecule has 0 bridgehead atoms. The first-order valence-electron chi connectivity index (χ1n) is 11.8. The molecule has 0 saturated carbocycles. The van der Waals surface area contributed by atoms with E-state index >= 15 is 0 Å². The highest BCUT2D eigenvalue weighted by atomic mass is 16.6. The third-order valence-corrected chi connectivity index (χ3v) is 6.36. The summed E-state index contributed by atoms with van der Waals surface area (Å²) in [6.07, 6.45) is 2.16. The van der Waals surface area contributed by atoms with Gasteiger partial charge in [-0.2, -0.15) is 0 Å². The minimum atomic E-state index is -0.665. The Labute approximate surface area is 203 Å². The number of benzene rings is 2. The van der Waals surface area contributed by atoms with E-state index in [2.05, 4.69) is 0 Å². The molecule has 1 atom stereocenters. The number of nitrogens with zero attached hydrogens (tertiary/aromatic N) is 2. The lowest BCUT2D eigenvalue weighted by molar-refractivity contribution is -0.145. The van der Waals surface area contributed by atoms with Crippen LogP contribution in [0.2, 0.25) is 0 Å². The van der Waals surface area contributed by atoms with Crippen LogP contribution in [-0.2, 0) is 32.1 Å². The lowest BCUT2D eigenvalue weighted by Crippen LogP contribution is -2.45. The molecule has 35 heavy (non-hydrogen) atoms. The first-order chi connectivity index (χ1) is 16.7. The predicted octanol–water partition coefficient (Wildman–Crippen LogP) is 4.92. The highest BCUT2D eigenvalue weighted by Crippen LogP contribution is 2.42. The van der Waals surface area contributed by atoms with Crippen molar-refractivity contribution in [2.75, 3.05) is 6.54 Å². The Balaban J connectivity index is 1.48. The summed E-state index contributed by atoms with van der Waals surface area (Å²) in [7, 11) is 0. The normalized spacial score (nSPS) is 17.5. The van der Waals surface area contributed by atoms with Gasteiger partial charge in [-0.25, -0.2) is 14.2 Å². The molecule has 2 aliphatic heterocycles. The minimum Gasteiger partial charge on any atom is -0.457 e. The van der Waals surface area contributed by atoms with Crippen molar-refractivity contribution < 1.29 is 23.9 Å². The molecule has 180 valence electrons. The third kappa shape index (κ3) is 4.22. The highest BCUT2D eigenvalue weighted by molar-refractivity contribution is 6.17. The highest BCUT2D eigenvalue weighted by Gasteiger charge is 2.41. The monoisotopic (exact) mass is 472 g/mol. The van der Waals surface area contributed by atoms with E-state index in [1.54, 1.807) is 15.5 Å². The van der Waals surface area contributed by atoms with Crippen LogP contribution < -0.4 is 0 Å². The van der Waals surface area contributed by atoms with Crippen molar-refractivity contribution >= 4 is 28.9 Å². The fourth-order valence-electron chi connectivity index (χ4n) is 4.90. The summed E-state index contributed by atoms with van der Waals surface area (Å²) in [4.78, 5) is 41.1. The maximum Gasteiger partial charge on any atom is 0.419 e. The van der Waals surface area contributed by atoms with Crippen LogP contribution in [0.15, 0.2) is 66.2 Å². The molecular weight excluding hydrogens is 444 g/mol. The standard InChI is InChI=1S/C28H28N2O5/c1-28(2,3)35-27(33)30-22-12-8-7-11-19(22)20-15-16-29-23(24(20)30)14-13-21(25(29)31)26(32)34-17-18-9-5-4-6-10-18/h4-13,23H,14-17H2,1-3H3/t23-/m1/s1. The molecule has 0 fully saturated rings. The zero-order valence-electron chi connectivity index (χ0n) is 20.1. The quantitative estimate of drug-likeness (QED) is 0.399. The van der Waals surface area contributed by atoms with Gasteiger partial charge in [0.1, 0.15) is 17.8 Å². The van der Waals surface area contributed by atoms with Crippen LogP contribution in [-0.4, -0.2) is 39.6 Å². The molecule has 1 amide bonds. The van der Waals surface area contributed by atoms with Gasteiger partial charge in [0, 0.05) is 11.9 Å². The van der Waals surface area contributed by atoms with Crippen LogP contribution in [0.5, 0.6) is 0 Å². The van der Waals surface area contributed by atoms with Crippen molar-refractivity contribution in [1.29, 1.82) is 0 Å². The average Bonchev–Trinajstić information content (AvgIpc) is 3.17. The van der Waals surface area contributed by atoms with E-state index in [4.69, 9.17) is 9.47 Å². The van der Waals surface area contributed by atoms with E-state index < -0.39 is 17.7 Å². The SMILES string of the molecule is CC(C)(C)OC(=O)n1c2c(c3ccccc31)CCN1C(=O)C(C(=O)OCc3ccccc3)=CC[C@H]21. The van der Waals surface area contributed by atoms with E-state index in [0.29, 0.717) is 19.4 Å². The smallest absolute Gasteiger partial charge is 0.419 e. The molecule has 0 saturated heterocycles. The van der Waals surface area contributed by atoms with Crippen molar-refractivity contribution in [1.82, 2.24) is 9.47 Å². The minimum absolute atomic E-state index is 0.0422. The first-order valence-corrected chi connectivity index (χ1v) is 11.8. The van der Waals surface area contributed by atoms with Gasteiger partial charge in [-0.3, -0.25) is 4.79 Å². The van der Waals surface area contributed by atoms with Gasteiger partial charge >= 0.3 is 12.1 Å². The Morgan fingerprint density at radius 2 is 1.74 bits per heavy atom.